The van der Waals surface area contributed by atoms with Crippen LogP contribution in [0, 0.1) is 17.7 Å². The number of aromatic nitrogens is 2. The van der Waals surface area contributed by atoms with Crippen molar-refractivity contribution < 1.29 is 13.9 Å². The van der Waals surface area contributed by atoms with Gasteiger partial charge in [-0.1, -0.05) is 12.1 Å². The first-order valence-electron chi connectivity index (χ1n) is 8.82. The number of para-hydroxylation sites is 1. The Hall–Kier alpha value is -2.70. The van der Waals surface area contributed by atoms with Crippen molar-refractivity contribution in [2.75, 3.05) is 13.1 Å². The lowest BCUT2D eigenvalue weighted by Gasteiger charge is -2.22. The first kappa shape index (κ1) is 16.8. The topological polar surface area (TPSA) is 64.4 Å². The number of halogens is 1. The first-order valence-corrected chi connectivity index (χ1v) is 8.82. The van der Waals surface area contributed by atoms with Crippen LogP contribution in [0.2, 0.25) is 0 Å². The number of hydrogen-bond acceptors (Lipinski definition) is 4. The van der Waals surface area contributed by atoms with Crippen LogP contribution in [0.1, 0.15) is 12.8 Å². The molecule has 0 spiro atoms. The van der Waals surface area contributed by atoms with Crippen LogP contribution in [0.3, 0.4) is 0 Å². The summed E-state index contributed by atoms with van der Waals surface area (Å²) in [6.07, 6.45) is 4.71. The lowest BCUT2D eigenvalue weighted by atomic mass is 9.99. The molecule has 2 aromatic rings. The Morgan fingerprint density at radius 3 is 2.88 bits per heavy atom. The Bertz CT molecular complexity index is 869. The smallest absolute Gasteiger partial charge is 0.347 e. The third-order valence-electron chi connectivity index (χ3n) is 5.35. The van der Waals surface area contributed by atoms with E-state index >= 15 is 0 Å². The summed E-state index contributed by atoms with van der Waals surface area (Å²) >= 11 is 0. The van der Waals surface area contributed by atoms with E-state index in [1.165, 1.54) is 16.8 Å². The van der Waals surface area contributed by atoms with Gasteiger partial charge in [-0.25, -0.2) is 14.2 Å². The van der Waals surface area contributed by atoms with Gasteiger partial charge in [0.15, 0.2) is 11.6 Å². The highest BCUT2D eigenvalue weighted by atomic mass is 19.1. The zero-order valence-electron chi connectivity index (χ0n) is 14.3. The van der Waals surface area contributed by atoms with E-state index < -0.39 is 5.69 Å². The van der Waals surface area contributed by atoms with Gasteiger partial charge in [0.25, 0.3) is 0 Å². The summed E-state index contributed by atoms with van der Waals surface area (Å²) < 4.78 is 21.1. The van der Waals surface area contributed by atoms with Crippen molar-refractivity contribution in [3.63, 3.8) is 0 Å². The Morgan fingerprint density at radius 1 is 1.23 bits per heavy atom. The average Bonchev–Trinajstić information content (AvgIpc) is 3.21. The van der Waals surface area contributed by atoms with Gasteiger partial charge in [-0.2, -0.15) is 0 Å². The molecule has 3 atom stereocenters. The van der Waals surface area contributed by atoms with Crippen molar-refractivity contribution in [1.82, 2.24) is 14.5 Å². The molecule has 1 saturated heterocycles. The average molecular weight is 357 g/mol. The van der Waals surface area contributed by atoms with Crippen LogP contribution >= 0.6 is 0 Å². The zero-order chi connectivity index (χ0) is 18.1. The van der Waals surface area contributed by atoms with Crippen LogP contribution in [-0.2, 0) is 11.3 Å². The molecule has 1 aliphatic carbocycles. The second kappa shape index (κ2) is 6.90. The van der Waals surface area contributed by atoms with E-state index in [2.05, 4.69) is 4.98 Å². The number of hydrogen-bond donors (Lipinski definition) is 0. The number of carbonyl (C=O) groups is 1. The molecule has 7 heteroatoms. The third kappa shape index (κ3) is 3.21. The third-order valence-corrected chi connectivity index (χ3v) is 5.35. The molecule has 2 fully saturated rings. The normalized spacial score (nSPS) is 24.5. The maximum Gasteiger partial charge on any atom is 0.347 e. The van der Waals surface area contributed by atoms with Gasteiger partial charge in [0.05, 0.1) is 0 Å². The van der Waals surface area contributed by atoms with Crippen molar-refractivity contribution in [3.8, 4) is 5.75 Å². The molecule has 1 amide bonds. The van der Waals surface area contributed by atoms with E-state index in [9.17, 15) is 14.0 Å². The standard InChI is InChI=1S/C19H20FN3O3/c20-15-4-1-2-5-17(15)26-16-7-6-13-10-23(11-14(13)16)18(24)12-22-9-3-8-21-19(22)25/h1-5,8-9,13-14,16H,6-7,10-12H2/t13-,14+,16-/m0/s1. The molecule has 6 nitrogen and oxygen atoms in total. The van der Waals surface area contributed by atoms with E-state index in [1.807, 2.05) is 0 Å². The Morgan fingerprint density at radius 2 is 2.08 bits per heavy atom. The van der Waals surface area contributed by atoms with Gasteiger partial charge in [-0.3, -0.25) is 9.36 Å². The Kier molecular flexibility index (Phi) is 4.44. The summed E-state index contributed by atoms with van der Waals surface area (Å²) in [5.41, 5.74) is -0.430. The summed E-state index contributed by atoms with van der Waals surface area (Å²) in [4.78, 5) is 29.7. The van der Waals surface area contributed by atoms with Crippen LogP contribution in [0.15, 0.2) is 47.5 Å². The Labute approximate surface area is 150 Å². The van der Waals surface area contributed by atoms with Gasteiger partial charge in [0.1, 0.15) is 12.6 Å². The molecule has 2 heterocycles. The van der Waals surface area contributed by atoms with Crippen molar-refractivity contribution in [2.45, 2.75) is 25.5 Å². The fourth-order valence-corrected chi connectivity index (χ4v) is 4.02. The van der Waals surface area contributed by atoms with Crippen LogP contribution in [0.4, 0.5) is 4.39 Å². The van der Waals surface area contributed by atoms with Crippen molar-refractivity contribution in [3.05, 3.63) is 59.0 Å². The predicted octanol–water partition coefficient (Wildman–Crippen LogP) is 1.70. The zero-order valence-corrected chi connectivity index (χ0v) is 14.3. The van der Waals surface area contributed by atoms with Gasteiger partial charge in [0, 0.05) is 31.4 Å². The summed E-state index contributed by atoms with van der Waals surface area (Å²) in [7, 11) is 0. The number of amides is 1. The highest BCUT2D eigenvalue weighted by molar-refractivity contribution is 5.76. The molecule has 0 bridgehead atoms. The number of likely N-dealkylation sites (tertiary alicyclic amines) is 1. The van der Waals surface area contributed by atoms with Gasteiger partial charge in [0.2, 0.25) is 5.91 Å². The SMILES string of the molecule is O=C(Cn1cccnc1=O)N1C[C@@H]2CC[C@H](Oc3ccccc3F)[C@@H]2C1. The largest absolute Gasteiger partial charge is 0.487 e. The van der Waals surface area contributed by atoms with Crippen LogP contribution in [-0.4, -0.2) is 39.6 Å². The first-order chi connectivity index (χ1) is 12.6. The monoisotopic (exact) mass is 357 g/mol. The minimum absolute atomic E-state index is 0.00898. The molecule has 1 aliphatic heterocycles. The second-order valence-electron chi connectivity index (χ2n) is 6.92. The number of nitrogens with zero attached hydrogens (tertiary/aromatic N) is 3. The lowest BCUT2D eigenvalue weighted by molar-refractivity contribution is -0.131. The number of fused-ring (bicyclic) bond motifs is 1. The van der Waals surface area contributed by atoms with E-state index in [0.717, 1.165) is 12.8 Å². The van der Waals surface area contributed by atoms with E-state index in [-0.39, 0.29) is 36.0 Å². The maximum atomic E-state index is 13.8. The molecular formula is C19H20FN3O3. The van der Waals surface area contributed by atoms with Crippen LogP contribution in [0.25, 0.3) is 0 Å². The maximum absolute atomic E-state index is 13.8. The van der Waals surface area contributed by atoms with Crippen LogP contribution in [0.5, 0.6) is 5.75 Å². The molecule has 0 radical (unpaired) electrons. The summed E-state index contributed by atoms with van der Waals surface area (Å²) in [5, 5.41) is 0. The van der Waals surface area contributed by atoms with E-state index in [1.54, 1.807) is 35.4 Å². The summed E-state index contributed by atoms with van der Waals surface area (Å²) in [5.74, 6) is 0.368. The van der Waals surface area contributed by atoms with Gasteiger partial charge < -0.3 is 9.64 Å². The number of carbonyl (C=O) groups excluding carboxylic acids is 1. The highest BCUT2D eigenvalue weighted by Gasteiger charge is 2.45. The van der Waals surface area contributed by atoms with E-state index in [0.29, 0.717) is 19.0 Å². The summed E-state index contributed by atoms with van der Waals surface area (Å²) in [6.45, 7) is 1.23. The lowest BCUT2D eigenvalue weighted by Crippen LogP contribution is -2.37. The number of rotatable bonds is 4. The minimum atomic E-state index is -0.430. The molecule has 1 saturated carbocycles. The quantitative estimate of drug-likeness (QED) is 0.835. The van der Waals surface area contributed by atoms with Crippen molar-refractivity contribution in [1.29, 1.82) is 0 Å². The minimum Gasteiger partial charge on any atom is -0.487 e. The Balaban J connectivity index is 1.41. The molecular weight excluding hydrogens is 337 g/mol. The fourth-order valence-electron chi connectivity index (χ4n) is 4.02. The second-order valence-corrected chi connectivity index (χ2v) is 6.92. The van der Waals surface area contributed by atoms with Gasteiger partial charge in [-0.15, -0.1) is 0 Å². The molecule has 1 aromatic heterocycles. The molecule has 2 aliphatic rings. The molecule has 0 unspecified atom stereocenters. The predicted molar refractivity (Wildman–Crippen MR) is 92.1 cm³/mol. The number of benzene rings is 1. The van der Waals surface area contributed by atoms with Crippen molar-refractivity contribution in [2.24, 2.45) is 11.8 Å². The van der Waals surface area contributed by atoms with Gasteiger partial charge >= 0.3 is 5.69 Å². The molecule has 26 heavy (non-hydrogen) atoms. The molecule has 1 aromatic carbocycles. The van der Waals surface area contributed by atoms with Crippen LogP contribution < -0.4 is 10.4 Å². The van der Waals surface area contributed by atoms with Crippen molar-refractivity contribution >= 4 is 5.91 Å². The summed E-state index contributed by atoms with van der Waals surface area (Å²) in [6, 6.07) is 8.04. The van der Waals surface area contributed by atoms with Gasteiger partial charge in [-0.05, 0) is 37.0 Å². The highest BCUT2D eigenvalue weighted by Crippen LogP contribution is 2.40. The number of ether oxygens (including phenoxy) is 1. The molecule has 4 rings (SSSR count). The van der Waals surface area contributed by atoms with E-state index in [4.69, 9.17) is 4.74 Å². The molecule has 136 valence electrons. The molecule has 0 N–H and O–H groups in total. The fraction of sp³-hybridized carbons (Fsp3) is 0.421.